The van der Waals surface area contributed by atoms with Crippen LogP contribution in [0.3, 0.4) is 0 Å². The maximum atomic E-state index is 7.21. The molecular formula is C28H48B2Cl2N4Ti-. The van der Waals surface area contributed by atoms with Gasteiger partial charge in [0.15, 0.2) is 0 Å². The monoisotopic (exact) mass is 580 g/mol. The number of rotatable bonds is 12. The van der Waals surface area contributed by atoms with E-state index < -0.39 is 20.0 Å². The summed E-state index contributed by atoms with van der Waals surface area (Å²) >= 11 is -2.71. The van der Waals surface area contributed by atoms with Gasteiger partial charge < -0.3 is 0 Å². The summed E-state index contributed by atoms with van der Waals surface area (Å²) in [7, 11) is 22.9. The molecule has 0 aliphatic heterocycles. The second kappa shape index (κ2) is 13.6. The Hall–Kier alpha value is -0.616. The predicted octanol–water partition coefficient (Wildman–Crippen LogP) is 8.26. The Bertz CT molecular complexity index is 969. The fraction of sp³-hybridized carbons (Fsp3) is 0.571. The first-order valence-electron chi connectivity index (χ1n) is 13.6. The van der Waals surface area contributed by atoms with Crippen molar-refractivity contribution in [3.05, 3.63) is 58.7 Å². The average Bonchev–Trinajstić information content (AvgIpc) is 2.79. The number of para-hydroxylation sites is 2. The van der Waals surface area contributed by atoms with Crippen molar-refractivity contribution < 1.29 is 15.5 Å². The molecule has 2 N–H and O–H groups in total. The zero-order valence-electron chi connectivity index (χ0n) is 25.1. The van der Waals surface area contributed by atoms with Gasteiger partial charge in [0.05, 0.1) is 0 Å². The molecule has 37 heavy (non-hydrogen) atoms. The molecule has 0 heterocycles. The third kappa shape index (κ3) is 7.13. The number of benzene rings is 2. The van der Waals surface area contributed by atoms with Crippen LogP contribution in [0.1, 0.15) is 101 Å². The van der Waals surface area contributed by atoms with Crippen molar-refractivity contribution >= 4 is 41.3 Å². The molecule has 2 aromatic rings. The van der Waals surface area contributed by atoms with Crippen LogP contribution in [0.5, 0.6) is 0 Å². The van der Waals surface area contributed by atoms with Crippen molar-refractivity contribution in [2.75, 3.05) is 38.6 Å². The second-order valence-corrected chi connectivity index (χ2v) is 18.5. The normalized spacial score (nSPS) is 13.7. The Labute approximate surface area is 241 Å². The molecule has 0 amide bonds. The summed E-state index contributed by atoms with van der Waals surface area (Å²) in [5.74, 6) is 1.50. The van der Waals surface area contributed by atoms with Gasteiger partial charge in [-0.15, -0.1) is 0 Å². The van der Waals surface area contributed by atoms with Gasteiger partial charge in [-0.3, -0.25) is 0 Å². The Kier molecular flexibility index (Phi) is 12.0. The first kappa shape index (κ1) is 32.6. The van der Waals surface area contributed by atoms with Crippen LogP contribution < -0.4 is 10.5 Å². The molecule has 1 atom stereocenters. The summed E-state index contributed by atoms with van der Waals surface area (Å²) in [5.41, 5.74) is 7.62. The fourth-order valence-electron chi connectivity index (χ4n) is 5.34. The van der Waals surface area contributed by atoms with Crippen molar-refractivity contribution in [2.45, 2.75) is 79.1 Å². The van der Waals surface area contributed by atoms with Gasteiger partial charge in [-0.2, -0.15) is 0 Å². The van der Waals surface area contributed by atoms with E-state index in [2.05, 4.69) is 140 Å². The van der Waals surface area contributed by atoms with Crippen molar-refractivity contribution in [3.63, 3.8) is 0 Å². The van der Waals surface area contributed by atoms with E-state index in [0.717, 1.165) is 0 Å². The molecule has 0 fully saturated rings. The van der Waals surface area contributed by atoms with E-state index in [9.17, 15) is 0 Å². The van der Waals surface area contributed by atoms with Crippen molar-refractivity contribution in [1.29, 1.82) is 0 Å². The van der Waals surface area contributed by atoms with E-state index in [1.807, 2.05) is 0 Å². The van der Waals surface area contributed by atoms with Crippen molar-refractivity contribution in [3.8, 4) is 0 Å². The summed E-state index contributed by atoms with van der Waals surface area (Å²) in [6, 6.07) is 13.3. The van der Waals surface area contributed by atoms with E-state index in [0.29, 0.717) is 23.7 Å². The molecule has 205 valence electrons. The average molecular weight is 581 g/mol. The third-order valence-corrected chi connectivity index (χ3v) is 12.9. The standard InChI is InChI=1S/C28H48B2N4.2ClH.Ti/c1-19(2)23-15-13-16-24(20(3)4)27(23)31-29(33(9)10)30(34(11)12)32-28-25(21(5)6)17-14-18-26(28)22(7)8;;;/h13-22,31-32H,1-12H3;2*1H;/q;;;+1/p-2. The molecule has 0 aliphatic rings. The quantitative estimate of drug-likeness (QED) is 0.247. The second-order valence-electron chi connectivity index (χ2n) is 12.1. The number of halogens is 2. The van der Waals surface area contributed by atoms with Gasteiger partial charge in [0.2, 0.25) is 0 Å². The van der Waals surface area contributed by atoms with Crippen molar-refractivity contribution in [1.82, 2.24) is 9.62 Å². The molecule has 4 nitrogen and oxygen atoms in total. The molecule has 0 saturated heterocycles. The molecular weight excluding hydrogens is 533 g/mol. The summed E-state index contributed by atoms with van der Waals surface area (Å²) in [6.45, 7) is 17.9. The van der Waals surface area contributed by atoms with E-state index in [4.69, 9.17) is 18.6 Å². The molecule has 0 spiro atoms. The summed E-state index contributed by atoms with van der Waals surface area (Å²) in [4.78, 5) is 4.51. The number of nitrogens with one attached hydrogen (secondary N) is 2. The molecule has 0 bridgehead atoms. The molecule has 0 aromatic heterocycles. The number of anilines is 2. The topological polar surface area (TPSA) is 30.5 Å². The van der Waals surface area contributed by atoms with E-state index in [-0.39, 0.29) is 6.87 Å². The fourth-order valence-corrected chi connectivity index (χ4v) is 10.4. The van der Waals surface area contributed by atoms with Crippen LogP contribution in [0.25, 0.3) is 0 Å². The molecule has 0 saturated carbocycles. The van der Waals surface area contributed by atoms with Crippen LogP contribution in [0.2, 0.25) is 0 Å². The van der Waals surface area contributed by atoms with Gasteiger partial charge >= 0.3 is 243 Å². The molecule has 0 aliphatic carbocycles. The summed E-state index contributed by atoms with van der Waals surface area (Å²) < 4.78 is -1.62. The minimum absolute atomic E-state index is 0.127. The third-order valence-electron chi connectivity index (χ3n) is 7.56. The van der Waals surface area contributed by atoms with E-state index >= 15 is 0 Å². The van der Waals surface area contributed by atoms with Gasteiger partial charge in [0.25, 0.3) is 0 Å². The van der Waals surface area contributed by atoms with Crippen LogP contribution in [0, 0.1) is 0 Å². The predicted molar refractivity (Wildman–Crippen MR) is 167 cm³/mol. The number of hydrogen-bond donors (Lipinski definition) is 2. The summed E-state index contributed by atoms with van der Waals surface area (Å²) in [5, 5.41) is 8.11. The molecule has 1 unspecified atom stereocenters. The molecule has 2 rings (SSSR count). The molecule has 2 aromatic carbocycles. The Morgan fingerprint density at radius 3 is 1.30 bits per heavy atom. The van der Waals surface area contributed by atoms with E-state index in [1.54, 1.807) is 0 Å². The van der Waals surface area contributed by atoms with Gasteiger partial charge in [-0.1, -0.05) is 0 Å². The van der Waals surface area contributed by atoms with Crippen LogP contribution in [0.15, 0.2) is 36.4 Å². The maximum absolute atomic E-state index is 7.21. The number of hydrogen-bond acceptors (Lipinski definition) is 4. The van der Waals surface area contributed by atoms with Crippen LogP contribution in [0.4, 0.5) is 11.4 Å². The minimum atomic E-state index is -2.71. The van der Waals surface area contributed by atoms with Crippen molar-refractivity contribution in [2.24, 2.45) is 0 Å². The first-order chi connectivity index (χ1) is 17.2. The van der Waals surface area contributed by atoms with Crippen LogP contribution >= 0.6 is 18.6 Å². The zero-order chi connectivity index (χ0) is 28.2. The van der Waals surface area contributed by atoms with Crippen LogP contribution in [-0.4, -0.2) is 49.2 Å². The van der Waals surface area contributed by atoms with Crippen LogP contribution in [-0.2, 0) is 15.5 Å². The number of nitrogens with zero attached hydrogens (tertiary/aromatic N) is 2. The SMILES string of the molecule is CC(C)c1cccc(C(C)C)c1NB(N(C)C)[B-](Nc1c(C(C)C)cccc1C(C)C)(N(C)C)[Ti]([Cl])[Cl]. The van der Waals surface area contributed by atoms with E-state index in [1.165, 1.54) is 33.6 Å². The molecule has 9 heteroatoms. The Balaban J connectivity index is 2.84. The van der Waals surface area contributed by atoms with Gasteiger partial charge in [0.1, 0.15) is 0 Å². The first-order valence-corrected chi connectivity index (χ1v) is 18.8. The van der Waals surface area contributed by atoms with Gasteiger partial charge in [-0.25, -0.2) is 0 Å². The van der Waals surface area contributed by atoms with Gasteiger partial charge in [0, 0.05) is 0 Å². The molecule has 0 radical (unpaired) electrons. The van der Waals surface area contributed by atoms with Gasteiger partial charge in [-0.05, 0) is 0 Å². The Morgan fingerprint density at radius 2 is 1.03 bits per heavy atom. The summed E-state index contributed by atoms with van der Waals surface area (Å²) in [6.07, 6.45) is 0. The zero-order valence-corrected chi connectivity index (χ0v) is 28.2. The Morgan fingerprint density at radius 1 is 0.676 bits per heavy atom.